The van der Waals surface area contributed by atoms with Crippen LogP contribution in [0.15, 0.2) is 0 Å². The number of hydrogen-bond acceptors (Lipinski definition) is 3. The summed E-state index contributed by atoms with van der Waals surface area (Å²) in [5.41, 5.74) is -0.718. The number of carbonyl (C=O) groups excluding carboxylic acids is 1. The Balaban J connectivity index is 2.42. The molecule has 0 bridgehead atoms. The minimum Gasteiger partial charge on any atom is -0.460 e. The fourth-order valence-corrected chi connectivity index (χ4v) is 1.87. The lowest BCUT2D eigenvalue weighted by Gasteiger charge is -2.43. The van der Waals surface area contributed by atoms with Crippen LogP contribution in [0, 0.1) is 5.41 Å². The largest absolute Gasteiger partial charge is 0.460 e. The summed E-state index contributed by atoms with van der Waals surface area (Å²) in [5, 5.41) is 0. The van der Waals surface area contributed by atoms with Gasteiger partial charge in [0.05, 0.1) is 11.5 Å². The van der Waals surface area contributed by atoms with Crippen molar-refractivity contribution in [3.05, 3.63) is 0 Å². The van der Waals surface area contributed by atoms with Gasteiger partial charge in [-0.25, -0.2) is 0 Å². The number of hydrogen-bond donors (Lipinski definition) is 0. The molecule has 1 aliphatic rings. The SMILES string of the molecule is CCOC1CC(C)(C(=O)OC(C)(C)C)C1. The fourth-order valence-electron chi connectivity index (χ4n) is 1.87. The van der Waals surface area contributed by atoms with Crippen LogP contribution in [0.3, 0.4) is 0 Å². The van der Waals surface area contributed by atoms with E-state index in [4.69, 9.17) is 9.47 Å². The zero-order valence-corrected chi connectivity index (χ0v) is 10.4. The highest BCUT2D eigenvalue weighted by Gasteiger charge is 2.48. The van der Waals surface area contributed by atoms with Gasteiger partial charge in [0.15, 0.2) is 0 Å². The first-order chi connectivity index (χ1) is 6.77. The van der Waals surface area contributed by atoms with Gasteiger partial charge in [0.1, 0.15) is 5.60 Å². The molecule has 0 aliphatic heterocycles. The van der Waals surface area contributed by atoms with Crippen molar-refractivity contribution >= 4 is 5.97 Å². The van der Waals surface area contributed by atoms with Crippen LogP contribution < -0.4 is 0 Å². The summed E-state index contributed by atoms with van der Waals surface area (Å²) in [4.78, 5) is 11.8. The van der Waals surface area contributed by atoms with Crippen LogP contribution in [0.5, 0.6) is 0 Å². The Morgan fingerprint density at radius 2 is 1.93 bits per heavy atom. The van der Waals surface area contributed by atoms with E-state index in [1.54, 1.807) is 0 Å². The van der Waals surface area contributed by atoms with Crippen LogP contribution in [-0.4, -0.2) is 24.3 Å². The molecule has 1 fully saturated rings. The molecule has 0 saturated heterocycles. The Labute approximate surface area is 92.1 Å². The Bertz CT molecular complexity index is 234. The van der Waals surface area contributed by atoms with Crippen molar-refractivity contribution in [3.8, 4) is 0 Å². The van der Waals surface area contributed by atoms with E-state index in [9.17, 15) is 4.79 Å². The van der Waals surface area contributed by atoms with Gasteiger partial charge < -0.3 is 9.47 Å². The molecule has 0 aromatic heterocycles. The predicted molar refractivity (Wildman–Crippen MR) is 58.6 cm³/mol. The van der Waals surface area contributed by atoms with Gasteiger partial charge in [-0.2, -0.15) is 0 Å². The van der Waals surface area contributed by atoms with Crippen molar-refractivity contribution in [1.82, 2.24) is 0 Å². The van der Waals surface area contributed by atoms with Crippen molar-refractivity contribution in [3.63, 3.8) is 0 Å². The Morgan fingerprint density at radius 1 is 1.40 bits per heavy atom. The van der Waals surface area contributed by atoms with Crippen LogP contribution in [-0.2, 0) is 14.3 Å². The zero-order chi connectivity index (χ0) is 11.7. The monoisotopic (exact) mass is 214 g/mol. The van der Waals surface area contributed by atoms with Gasteiger partial charge in [0.2, 0.25) is 0 Å². The Kier molecular flexibility index (Phi) is 3.44. The van der Waals surface area contributed by atoms with E-state index in [0.29, 0.717) is 0 Å². The maximum Gasteiger partial charge on any atom is 0.312 e. The number of esters is 1. The quantitative estimate of drug-likeness (QED) is 0.677. The average Bonchev–Trinajstić information content (AvgIpc) is 1.98. The topological polar surface area (TPSA) is 35.5 Å². The summed E-state index contributed by atoms with van der Waals surface area (Å²) in [6, 6.07) is 0. The molecule has 0 heterocycles. The van der Waals surface area contributed by atoms with Crippen molar-refractivity contribution < 1.29 is 14.3 Å². The van der Waals surface area contributed by atoms with E-state index >= 15 is 0 Å². The highest BCUT2D eigenvalue weighted by atomic mass is 16.6. The molecule has 0 radical (unpaired) electrons. The second-order valence-electron chi connectivity index (χ2n) is 5.55. The van der Waals surface area contributed by atoms with Crippen molar-refractivity contribution in [2.45, 2.75) is 59.2 Å². The molecule has 0 atom stereocenters. The van der Waals surface area contributed by atoms with Crippen LogP contribution in [0.25, 0.3) is 0 Å². The molecule has 0 amide bonds. The van der Waals surface area contributed by atoms with Crippen LogP contribution >= 0.6 is 0 Å². The third-order valence-corrected chi connectivity index (χ3v) is 2.65. The highest BCUT2D eigenvalue weighted by Crippen LogP contribution is 2.44. The predicted octanol–water partition coefficient (Wildman–Crippen LogP) is 2.53. The summed E-state index contributed by atoms with van der Waals surface area (Å²) in [6.45, 7) is 10.3. The minimum absolute atomic E-state index is 0.0917. The number of ether oxygens (including phenoxy) is 2. The summed E-state index contributed by atoms with van der Waals surface area (Å²) >= 11 is 0. The first-order valence-corrected chi connectivity index (χ1v) is 5.62. The highest BCUT2D eigenvalue weighted by molar-refractivity contribution is 5.78. The van der Waals surface area contributed by atoms with Gasteiger partial charge in [-0.05, 0) is 47.5 Å². The van der Waals surface area contributed by atoms with E-state index in [-0.39, 0.29) is 17.5 Å². The van der Waals surface area contributed by atoms with Gasteiger partial charge in [-0.3, -0.25) is 4.79 Å². The lowest BCUT2D eigenvalue weighted by molar-refractivity contribution is -0.182. The van der Waals surface area contributed by atoms with Crippen molar-refractivity contribution in [2.24, 2.45) is 5.41 Å². The second-order valence-corrected chi connectivity index (χ2v) is 5.55. The van der Waals surface area contributed by atoms with Gasteiger partial charge in [-0.15, -0.1) is 0 Å². The molecule has 1 aliphatic carbocycles. The maximum atomic E-state index is 11.8. The molecule has 15 heavy (non-hydrogen) atoms. The summed E-state index contributed by atoms with van der Waals surface area (Å²) in [6.07, 6.45) is 1.82. The minimum atomic E-state index is -0.392. The van der Waals surface area contributed by atoms with Gasteiger partial charge in [0.25, 0.3) is 0 Å². The van der Waals surface area contributed by atoms with Gasteiger partial charge in [-0.1, -0.05) is 0 Å². The van der Waals surface area contributed by atoms with Gasteiger partial charge in [0, 0.05) is 6.61 Å². The zero-order valence-electron chi connectivity index (χ0n) is 10.4. The van der Waals surface area contributed by atoms with E-state index < -0.39 is 5.60 Å². The molecular weight excluding hydrogens is 192 g/mol. The maximum absolute atomic E-state index is 11.8. The third-order valence-electron chi connectivity index (χ3n) is 2.65. The van der Waals surface area contributed by atoms with Crippen LogP contribution in [0.2, 0.25) is 0 Å². The van der Waals surface area contributed by atoms with E-state index in [2.05, 4.69) is 0 Å². The first-order valence-electron chi connectivity index (χ1n) is 5.62. The molecular formula is C12H22O3. The number of rotatable bonds is 3. The van der Waals surface area contributed by atoms with E-state index in [1.165, 1.54) is 0 Å². The van der Waals surface area contributed by atoms with E-state index in [1.807, 2.05) is 34.6 Å². The van der Waals surface area contributed by atoms with Gasteiger partial charge >= 0.3 is 5.97 Å². The lowest BCUT2D eigenvalue weighted by Crippen LogP contribution is -2.48. The standard InChI is InChI=1S/C12H22O3/c1-6-14-9-7-12(5,8-9)10(13)15-11(2,3)4/h9H,6-8H2,1-5H3. The molecule has 0 aromatic rings. The van der Waals surface area contributed by atoms with Crippen LogP contribution in [0.4, 0.5) is 0 Å². The van der Waals surface area contributed by atoms with Crippen molar-refractivity contribution in [2.75, 3.05) is 6.61 Å². The molecule has 1 saturated carbocycles. The normalized spacial score (nSPS) is 30.9. The molecule has 0 spiro atoms. The molecule has 0 N–H and O–H groups in total. The van der Waals surface area contributed by atoms with Crippen LogP contribution in [0.1, 0.15) is 47.5 Å². The Morgan fingerprint density at radius 3 is 2.33 bits per heavy atom. The molecule has 88 valence electrons. The third kappa shape index (κ3) is 3.20. The van der Waals surface area contributed by atoms with Crippen molar-refractivity contribution in [1.29, 1.82) is 0 Å². The molecule has 3 nitrogen and oxygen atoms in total. The first kappa shape index (κ1) is 12.5. The second kappa shape index (κ2) is 4.12. The molecule has 1 rings (SSSR count). The molecule has 0 aromatic carbocycles. The molecule has 0 unspecified atom stereocenters. The number of carbonyl (C=O) groups is 1. The Hall–Kier alpha value is -0.570. The summed E-state index contributed by atoms with van der Waals surface area (Å²) in [7, 11) is 0. The lowest BCUT2D eigenvalue weighted by atomic mass is 9.68. The average molecular weight is 214 g/mol. The summed E-state index contributed by atoms with van der Waals surface area (Å²) in [5.74, 6) is -0.0917. The smallest absolute Gasteiger partial charge is 0.312 e. The van der Waals surface area contributed by atoms with E-state index in [0.717, 1.165) is 19.4 Å². The summed E-state index contributed by atoms with van der Waals surface area (Å²) < 4.78 is 10.8. The fraction of sp³-hybridized carbons (Fsp3) is 0.917. The molecule has 3 heteroatoms.